The fraction of sp³-hybridized carbons (Fsp3) is 0.364. The lowest BCUT2D eigenvalue weighted by molar-refractivity contribution is 0.525. The van der Waals surface area contributed by atoms with Crippen LogP contribution in [0.25, 0.3) is 0 Å². The molecule has 0 nitrogen and oxygen atoms in total. The summed E-state index contributed by atoms with van der Waals surface area (Å²) in [6.07, 6.45) is 0. The van der Waals surface area contributed by atoms with Crippen LogP contribution in [0.1, 0.15) is 11.1 Å². The molecule has 0 fully saturated rings. The molecule has 1 unspecified atom stereocenters. The fourth-order valence-corrected chi connectivity index (χ4v) is 2.46. The first-order valence-corrected chi connectivity index (χ1v) is 8.28. The average molecular weight is 231 g/mol. The Morgan fingerprint density at radius 2 is 1.47 bits per heavy atom. The minimum Gasteiger partial charge on any atom is -0.207 e. The predicted molar refractivity (Wildman–Crippen MR) is 57.8 cm³/mol. The van der Waals surface area contributed by atoms with E-state index in [-0.39, 0.29) is 5.56 Å². The van der Waals surface area contributed by atoms with E-state index in [2.05, 4.69) is 6.92 Å². The topological polar surface area (TPSA) is 0 Å². The standard InChI is InChI=1S/C11H14F3Si/c1-7(15(2,3)4)11-9(13)5-8(12)6-10(11)14/h5-7H,1H2,2-4H3. The minimum atomic E-state index is -1.80. The SMILES string of the molecule is [CH2]C(c1c(F)cc(F)cc1F)[Si](C)(C)C. The van der Waals surface area contributed by atoms with Crippen molar-refractivity contribution in [3.8, 4) is 0 Å². The minimum absolute atomic E-state index is 0.0874. The van der Waals surface area contributed by atoms with Gasteiger partial charge in [0.25, 0.3) is 0 Å². The van der Waals surface area contributed by atoms with Gasteiger partial charge in [-0.3, -0.25) is 0 Å². The Morgan fingerprint density at radius 1 is 1.07 bits per heavy atom. The van der Waals surface area contributed by atoms with Gasteiger partial charge in [0.15, 0.2) is 0 Å². The summed E-state index contributed by atoms with van der Waals surface area (Å²) in [5.74, 6) is -2.57. The van der Waals surface area contributed by atoms with E-state index < -0.39 is 31.1 Å². The van der Waals surface area contributed by atoms with Crippen LogP contribution in [-0.2, 0) is 0 Å². The quantitative estimate of drug-likeness (QED) is 0.677. The Balaban J connectivity index is 3.26. The third-order valence-corrected chi connectivity index (χ3v) is 4.82. The molecule has 4 heteroatoms. The molecule has 83 valence electrons. The molecule has 0 heterocycles. The van der Waals surface area contributed by atoms with Gasteiger partial charge >= 0.3 is 0 Å². The number of hydrogen-bond acceptors (Lipinski definition) is 0. The van der Waals surface area contributed by atoms with Crippen molar-refractivity contribution in [3.05, 3.63) is 42.1 Å². The maximum Gasteiger partial charge on any atom is 0.132 e. The van der Waals surface area contributed by atoms with E-state index in [4.69, 9.17) is 0 Å². The molecule has 1 atom stereocenters. The maximum atomic E-state index is 13.4. The molecule has 1 aromatic rings. The van der Waals surface area contributed by atoms with E-state index in [0.29, 0.717) is 12.1 Å². The van der Waals surface area contributed by atoms with Gasteiger partial charge < -0.3 is 0 Å². The number of halogens is 3. The van der Waals surface area contributed by atoms with Crippen LogP contribution in [0.15, 0.2) is 12.1 Å². The van der Waals surface area contributed by atoms with Gasteiger partial charge in [-0.1, -0.05) is 19.6 Å². The third kappa shape index (κ3) is 2.62. The first kappa shape index (κ1) is 12.3. The first-order chi connectivity index (χ1) is 6.73. The van der Waals surface area contributed by atoms with E-state index in [1.807, 2.05) is 19.6 Å². The molecule has 0 aliphatic carbocycles. The molecule has 15 heavy (non-hydrogen) atoms. The molecule has 1 aromatic carbocycles. The van der Waals surface area contributed by atoms with E-state index >= 15 is 0 Å². The van der Waals surface area contributed by atoms with Gasteiger partial charge in [-0.25, -0.2) is 13.2 Å². The Labute approximate surface area is 89.1 Å². The summed E-state index contributed by atoms with van der Waals surface area (Å²) in [5, 5.41) is 0. The molecule has 1 rings (SSSR count). The Hall–Kier alpha value is -0.773. The van der Waals surface area contributed by atoms with Crippen LogP contribution in [-0.4, -0.2) is 8.07 Å². The Bertz CT molecular complexity index is 346. The monoisotopic (exact) mass is 231 g/mol. The van der Waals surface area contributed by atoms with Crippen molar-refractivity contribution in [3.63, 3.8) is 0 Å². The largest absolute Gasteiger partial charge is 0.207 e. The highest BCUT2D eigenvalue weighted by atomic mass is 28.3. The Kier molecular flexibility index (Phi) is 3.28. The van der Waals surface area contributed by atoms with Gasteiger partial charge in [-0.05, 0) is 12.5 Å². The summed E-state index contributed by atoms with van der Waals surface area (Å²) in [6.45, 7) is 9.69. The van der Waals surface area contributed by atoms with Gasteiger partial charge in [-0.2, -0.15) is 0 Å². The summed E-state index contributed by atoms with van der Waals surface area (Å²) in [6, 6.07) is 1.41. The van der Waals surface area contributed by atoms with Crippen molar-refractivity contribution >= 4 is 8.07 Å². The maximum absolute atomic E-state index is 13.4. The van der Waals surface area contributed by atoms with E-state index in [9.17, 15) is 13.2 Å². The second-order valence-electron chi connectivity index (χ2n) is 4.70. The predicted octanol–water partition coefficient (Wildman–Crippen LogP) is 3.90. The van der Waals surface area contributed by atoms with E-state index in [1.54, 1.807) is 0 Å². The van der Waals surface area contributed by atoms with Crippen LogP contribution >= 0.6 is 0 Å². The van der Waals surface area contributed by atoms with Gasteiger partial charge in [-0.15, -0.1) is 0 Å². The van der Waals surface area contributed by atoms with Crippen molar-refractivity contribution < 1.29 is 13.2 Å². The van der Waals surface area contributed by atoms with Crippen LogP contribution in [0.2, 0.25) is 19.6 Å². The number of benzene rings is 1. The van der Waals surface area contributed by atoms with Crippen molar-refractivity contribution in [1.82, 2.24) is 0 Å². The molecule has 0 bridgehead atoms. The van der Waals surface area contributed by atoms with Crippen molar-refractivity contribution in [2.24, 2.45) is 0 Å². The lowest BCUT2D eigenvalue weighted by Gasteiger charge is -2.26. The highest BCUT2D eigenvalue weighted by molar-refractivity contribution is 6.77. The van der Waals surface area contributed by atoms with Crippen LogP contribution < -0.4 is 0 Å². The number of rotatable bonds is 2. The highest BCUT2D eigenvalue weighted by Gasteiger charge is 2.29. The van der Waals surface area contributed by atoms with Gasteiger partial charge in [0.2, 0.25) is 0 Å². The molecular formula is C11H14F3Si. The van der Waals surface area contributed by atoms with E-state index in [1.165, 1.54) is 0 Å². The smallest absolute Gasteiger partial charge is 0.132 e. The zero-order valence-corrected chi connectivity index (χ0v) is 10.1. The van der Waals surface area contributed by atoms with Crippen molar-refractivity contribution in [2.75, 3.05) is 0 Å². The fourth-order valence-electron chi connectivity index (χ4n) is 1.32. The molecule has 0 saturated carbocycles. The van der Waals surface area contributed by atoms with Crippen LogP contribution in [0.4, 0.5) is 13.2 Å². The first-order valence-electron chi connectivity index (χ1n) is 4.71. The molecule has 0 aromatic heterocycles. The second kappa shape index (κ2) is 4.00. The van der Waals surface area contributed by atoms with Crippen LogP contribution in [0.3, 0.4) is 0 Å². The van der Waals surface area contributed by atoms with Gasteiger partial charge in [0, 0.05) is 17.7 Å². The average Bonchev–Trinajstić information content (AvgIpc) is 1.99. The summed E-state index contributed by atoms with van der Waals surface area (Å²) >= 11 is 0. The summed E-state index contributed by atoms with van der Waals surface area (Å²) in [5.41, 5.74) is -0.506. The zero-order valence-electron chi connectivity index (χ0n) is 9.07. The summed E-state index contributed by atoms with van der Waals surface area (Å²) in [7, 11) is -1.80. The van der Waals surface area contributed by atoms with Crippen molar-refractivity contribution in [1.29, 1.82) is 0 Å². The molecule has 0 aliphatic rings. The van der Waals surface area contributed by atoms with Gasteiger partial charge in [0.05, 0.1) is 8.07 Å². The Morgan fingerprint density at radius 3 is 1.80 bits per heavy atom. The number of hydrogen-bond donors (Lipinski definition) is 0. The second-order valence-corrected chi connectivity index (χ2v) is 10.1. The zero-order chi connectivity index (χ0) is 11.8. The lowest BCUT2D eigenvalue weighted by atomic mass is 10.1. The molecule has 0 amide bonds. The molecule has 1 radical (unpaired) electrons. The molecule has 0 saturated heterocycles. The van der Waals surface area contributed by atoms with Crippen LogP contribution in [0.5, 0.6) is 0 Å². The third-order valence-electron chi connectivity index (χ3n) is 2.44. The molecular weight excluding hydrogens is 217 g/mol. The molecule has 0 aliphatic heterocycles. The lowest BCUT2D eigenvalue weighted by Crippen LogP contribution is -2.30. The summed E-state index contributed by atoms with van der Waals surface area (Å²) < 4.78 is 39.5. The molecule has 0 spiro atoms. The normalized spacial score (nSPS) is 14.1. The summed E-state index contributed by atoms with van der Waals surface area (Å²) in [4.78, 5) is 0. The van der Waals surface area contributed by atoms with Crippen LogP contribution in [0, 0.1) is 24.4 Å². The van der Waals surface area contributed by atoms with Crippen molar-refractivity contribution in [2.45, 2.75) is 25.2 Å². The molecule has 0 N–H and O–H groups in total. The van der Waals surface area contributed by atoms with E-state index in [0.717, 1.165) is 0 Å². The highest BCUT2D eigenvalue weighted by Crippen LogP contribution is 2.30. The van der Waals surface area contributed by atoms with Gasteiger partial charge in [0.1, 0.15) is 17.5 Å².